The van der Waals surface area contributed by atoms with E-state index in [1.54, 1.807) is 35.3 Å². The Balaban J connectivity index is 2.07. The number of sulfone groups is 1. The van der Waals surface area contributed by atoms with Crippen molar-refractivity contribution in [2.75, 3.05) is 0 Å². The van der Waals surface area contributed by atoms with Crippen molar-refractivity contribution in [2.24, 2.45) is 0 Å². The molecular weight excluding hydrogens is 276 g/mol. The van der Waals surface area contributed by atoms with Crippen LogP contribution in [-0.4, -0.2) is 18.4 Å². The highest BCUT2D eigenvalue weighted by atomic mass is 32.2. The first kappa shape index (κ1) is 10.8. The highest BCUT2D eigenvalue weighted by Crippen LogP contribution is 2.38. The van der Waals surface area contributed by atoms with Crippen molar-refractivity contribution in [1.82, 2.24) is 9.97 Å². The van der Waals surface area contributed by atoms with Crippen LogP contribution in [0.2, 0.25) is 0 Å². The second-order valence-corrected chi connectivity index (χ2v) is 6.92. The number of rotatable bonds is 2. The summed E-state index contributed by atoms with van der Waals surface area (Å²) in [5, 5.41) is 4.56. The smallest absolute Gasteiger partial charge is 0.212 e. The highest BCUT2D eigenvalue weighted by molar-refractivity contribution is 8.09. The Hall–Kier alpha value is -1.31. The molecule has 3 heterocycles. The van der Waals surface area contributed by atoms with E-state index in [4.69, 9.17) is 0 Å². The van der Waals surface area contributed by atoms with Crippen LogP contribution in [0, 0.1) is 0 Å². The maximum atomic E-state index is 12.3. The van der Waals surface area contributed by atoms with Gasteiger partial charge in [0.1, 0.15) is 19.8 Å². The van der Waals surface area contributed by atoms with Crippen molar-refractivity contribution in [3.05, 3.63) is 45.3 Å². The van der Waals surface area contributed by atoms with Crippen LogP contribution in [0.3, 0.4) is 0 Å². The van der Waals surface area contributed by atoms with E-state index >= 15 is 0 Å². The quantitative estimate of drug-likeness (QED) is 0.848. The molecule has 0 saturated carbocycles. The zero-order chi connectivity index (χ0) is 11.9. The monoisotopic (exact) mass is 282 g/mol. The number of aromatic nitrogens is 2. The maximum absolute atomic E-state index is 12.3. The Labute approximate surface area is 106 Å². The largest absolute Gasteiger partial charge is 0.244 e. The van der Waals surface area contributed by atoms with Gasteiger partial charge in [-0.3, -0.25) is 0 Å². The summed E-state index contributed by atoms with van der Waals surface area (Å²) >= 11 is 2.63. The van der Waals surface area contributed by atoms with Gasteiger partial charge in [0.2, 0.25) is 9.84 Å². The Bertz CT molecular complexity index is 639. The third kappa shape index (κ3) is 1.67. The summed E-state index contributed by atoms with van der Waals surface area (Å²) in [5.74, 6) is 0. The Morgan fingerprint density at radius 2 is 1.35 bits per heavy atom. The van der Waals surface area contributed by atoms with E-state index in [0.717, 1.165) is 0 Å². The van der Waals surface area contributed by atoms with E-state index in [1.807, 2.05) is 0 Å². The lowest BCUT2D eigenvalue weighted by Crippen LogP contribution is -2.01. The molecule has 2 aromatic heterocycles. The third-order valence-electron chi connectivity index (χ3n) is 2.25. The van der Waals surface area contributed by atoms with Crippen LogP contribution in [0.5, 0.6) is 0 Å². The maximum Gasteiger partial charge on any atom is 0.212 e. The molecule has 1 aliphatic heterocycles. The summed E-state index contributed by atoms with van der Waals surface area (Å²) in [5.41, 5.74) is 0. The second kappa shape index (κ2) is 3.86. The summed E-state index contributed by atoms with van der Waals surface area (Å²) in [6.45, 7) is 0. The first-order valence-electron chi connectivity index (χ1n) is 4.66. The van der Waals surface area contributed by atoms with Gasteiger partial charge in [0, 0.05) is 23.2 Å². The molecule has 86 valence electrons. The van der Waals surface area contributed by atoms with Crippen LogP contribution in [0.4, 0.5) is 0 Å². The van der Waals surface area contributed by atoms with Gasteiger partial charge in [-0.05, 0) is 12.2 Å². The zero-order valence-electron chi connectivity index (χ0n) is 8.40. The lowest BCUT2D eigenvalue weighted by atomic mass is 10.4. The number of thiazole rings is 2. The van der Waals surface area contributed by atoms with Crippen LogP contribution >= 0.6 is 22.7 Å². The van der Waals surface area contributed by atoms with Crippen LogP contribution < -0.4 is 0 Å². The molecule has 0 unspecified atom stereocenters. The van der Waals surface area contributed by atoms with Crippen molar-refractivity contribution < 1.29 is 8.42 Å². The minimum absolute atomic E-state index is 0.262. The average Bonchev–Trinajstić information content (AvgIpc) is 2.96. The molecule has 0 aliphatic carbocycles. The van der Waals surface area contributed by atoms with Crippen molar-refractivity contribution in [3.8, 4) is 0 Å². The molecule has 7 heteroatoms. The van der Waals surface area contributed by atoms with E-state index < -0.39 is 9.84 Å². The molecule has 2 aromatic rings. The SMILES string of the molecule is O=S1(=O)C(c2nccs2)=CC=C1c1nccs1. The summed E-state index contributed by atoms with van der Waals surface area (Å²) in [7, 11) is -3.46. The minimum atomic E-state index is -3.46. The van der Waals surface area contributed by atoms with Crippen LogP contribution in [0.1, 0.15) is 10.0 Å². The molecular formula is C10H6N2O2S3. The van der Waals surface area contributed by atoms with Gasteiger partial charge in [0.05, 0.1) is 0 Å². The van der Waals surface area contributed by atoms with E-state index in [1.165, 1.54) is 22.7 Å². The lowest BCUT2D eigenvalue weighted by Gasteiger charge is -2.01. The number of hydrogen-bond acceptors (Lipinski definition) is 6. The second-order valence-electron chi connectivity index (χ2n) is 3.24. The molecule has 17 heavy (non-hydrogen) atoms. The Morgan fingerprint density at radius 3 is 1.71 bits per heavy atom. The van der Waals surface area contributed by atoms with Gasteiger partial charge in [-0.1, -0.05) is 0 Å². The van der Waals surface area contributed by atoms with E-state index in [9.17, 15) is 8.42 Å². The third-order valence-corrected chi connectivity index (χ3v) is 5.94. The van der Waals surface area contributed by atoms with Crippen LogP contribution in [-0.2, 0) is 9.84 Å². The van der Waals surface area contributed by atoms with Gasteiger partial charge < -0.3 is 0 Å². The van der Waals surface area contributed by atoms with Gasteiger partial charge in [0.25, 0.3) is 0 Å². The first-order valence-corrected chi connectivity index (χ1v) is 7.90. The molecule has 0 radical (unpaired) electrons. The summed E-state index contributed by atoms with van der Waals surface area (Å²) in [4.78, 5) is 8.58. The van der Waals surface area contributed by atoms with Crippen LogP contribution in [0.15, 0.2) is 35.3 Å². The fourth-order valence-corrected chi connectivity index (χ4v) is 4.87. The summed E-state index contributed by atoms with van der Waals surface area (Å²) in [6, 6.07) is 0. The molecule has 0 amide bonds. The Morgan fingerprint density at radius 1 is 0.882 bits per heavy atom. The number of hydrogen-bond donors (Lipinski definition) is 0. The molecule has 0 spiro atoms. The highest BCUT2D eigenvalue weighted by Gasteiger charge is 2.32. The first-order chi connectivity index (χ1) is 8.19. The molecule has 0 aromatic carbocycles. The predicted octanol–water partition coefficient (Wildman–Crippen LogP) is 2.41. The van der Waals surface area contributed by atoms with Gasteiger partial charge in [-0.2, -0.15) is 0 Å². The Kier molecular flexibility index (Phi) is 2.46. The van der Waals surface area contributed by atoms with E-state index in [-0.39, 0.29) is 9.81 Å². The van der Waals surface area contributed by atoms with Crippen molar-refractivity contribution in [1.29, 1.82) is 0 Å². The summed E-state index contributed by atoms with van der Waals surface area (Å²) < 4.78 is 24.6. The molecule has 4 nitrogen and oxygen atoms in total. The van der Waals surface area contributed by atoms with Crippen molar-refractivity contribution in [3.63, 3.8) is 0 Å². The number of allylic oxidation sites excluding steroid dienone is 2. The standard InChI is InChI=1S/C10H6N2O2S3/c13-17(14)7(9-11-3-5-15-9)1-2-8(17)10-12-4-6-16-10/h1-6H. The van der Waals surface area contributed by atoms with Gasteiger partial charge >= 0.3 is 0 Å². The molecule has 3 rings (SSSR count). The van der Waals surface area contributed by atoms with Gasteiger partial charge in [-0.15, -0.1) is 22.7 Å². The molecule has 0 bridgehead atoms. The predicted molar refractivity (Wildman–Crippen MR) is 69.1 cm³/mol. The fraction of sp³-hybridized carbons (Fsp3) is 0. The van der Waals surface area contributed by atoms with Gasteiger partial charge in [-0.25, -0.2) is 18.4 Å². The molecule has 1 aliphatic rings. The zero-order valence-corrected chi connectivity index (χ0v) is 10.8. The average molecular weight is 282 g/mol. The molecule has 0 saturated heterocycles. The normalized spacial score (nSPS) is 17.9. The fourth-order valence-electron chi connectivity index (χ4n) is 1.51. The van der Waals surface area contributed by atoms with E-state index in [2.05, 4.69) is 9.97 Å². The number of nitrogens with zero attached hydrogens (tertiary/aromatic N) is 2. The topological polar surface area (TPSA) is 59.9 Å². The molecule has 0 N–H and O–H groups in total. The van der Waals surface area contributed by atoms with Crippen molar-refractivity contribution in [2.45, 2.75) is 0 Å². The molecule has 0 fully saturated rings. The molecule has 0 atom stereocenters. The van der Waals surface area contributed by atoms with E-state index in [0.29, 0.717) is 10.0 Å². The van der Waals surface area contributed by atoms with Crippen molar-refractivity contribution >= 4 is 42.3 Å². The van der Waals surface area contributed by atoms with Gasteiger partial charge in [0.15, 0.2) is 0 Å². The lowest BCUT2D eigenvalue weighted by molar-refractivity contribution is 0.615. The minimum Gasteiger partial charge on any atom is -0.244 e. The summed E-state index contributed by atoms with van der Waals surface area (Å²) in [6.07, 6.45) is 6.37. The van der Waals surface area contributed by atoms with Crippen LogP contribution in [0.25, 0.3) is 9.81 Å².